The highest BCUT2D eigenvalue weighted by Crippen LogP contribution is 2.36. The Labute approximate surface area is 230 Å². The molecule has 0 bridgehead atoms. The number of ketones is 1. The molecule has 1 saturated heterocycles. The summed E-state index contributed by atoms with van der Waals surface area (Å²) < 4.78 is 48.1. The number of piperidine rings is 1. The van der Waals surface area contributed by atoms with Gasteiger partial charge in [-0.3, -0.25) is 9.53 Å². The second kappa shape index (κ2) is 12.9. The minimum atomic E-state index is -4.70. The van der Waals surface area contributed by atoms with Crippen LogP contribution < -0.4 is 20.7 Å². The third kappa shape index (κ3) is 8.04. The van der Waals surface area contributed by atoms with Crippen LogP contribution in [0.2, 0.25) is 5.02 Å². The van der Waals surface area contributed by atoms with Gasteiger partial charge in [0.2, 0.25) is 0 Å². The van der Waals surface area contributed by atoms with Crippen LogP contribution in [0, 0.1) is 6.92 Å². The van der Waals surface area contributed by atoms with E-state index in [0.717, 1.165) is 0 Å². The van der Waals surface area contributed by atoms with Gasteiger partial charge in [0, 0.05) is 36.5 Å². The Morgan fingerprint density at radius 3 is 2.51 bits per heavy atom. The number of carbonyl (C=O) groups excluding carboxylic acids is 1. The summed E-state index contributed by atoms with van der Waals surface area (Å²) in [4.78, 5) is 23.8. The largest absolute Gasteiger partial charge is 0.522 e. The maximum Gasteiger partial charge on any atom is 0.522 e. The molecule has 2 heterocycles. The van der Waals surface area contributed by atoms with Gasteiger partial charge in [-0.05, 0) is 58.9 Å². The second-order valence-corrected chi connectivity index (χ2v) is 9.78. The number of hydrogen-bond donors (Lipinski definition) is 3. The van der Waals surface area contributed by atoms with Crippen molar-refractivity contribution in [2.75, 3.05) is 38.2 Å². The van der Waals surface area contributed by atoms with E-state index in [-0.39, 0.29) is 55.4 Å². The lowest BCUT2D eigenvalue weighted by atomic mass is 10.0. The van der Waals surface area contributed by atoms with Crippen molar-refractivity contribution in [3.63, 3.8) is 0 Å². The standard InChI is InChI=1S/C26H33ClF3N5O4/c1-14-23(22(15(2)31)16(3)36)33-24(20-11-19(5-6-21(20)27)38-13-17(37)12-32-4)34-25(14)35-9-7-18(8-10-35)39-26(28,29)30/h5-6,11,17-18,32,37H,7-10,12-13,31H2,1-4H3/t17-/m1/s1. The number of aliphatic hydroxyl groups excluding tert-OH is 1. The SMILES string of the molecule is CNC[C@@H](O)COc1ccc(Cl)c(-c2nc(C(C(C)=O)=C(C)N)c(C)c(N3CCC(OC(F)(F)F)CC3)n2)c1. The van der Waals surface area contributed by atoms with Crippen molar-refractivity contribution in [3.05, 3.63) is 40.2 Å². The average molecular weight is 572 g/mol. The zero-order chi connectivity index (χ0) is 28.9. The third-order valence-electron chi connectivity index (χ3n) is 6.21. The molecule has 2 aromatic rings. The zero-order valence-corrected chi connectivity index (χ0v) is 23.0. The van der Waals surface area contributed by atoms with E-state index in [9.17, 15) is 23.1 Å². The minimum absolute atomic E-state index is 0.0334. The van der Waals surface area contributed by atoms with Crippen LogP contribution in [0.3, 0.4) is 0 Å². The number of hydrogen-bond acceptors (Lipinski definition) is 9. The molecule has 1 aromatic carbocycles. The van der Waals surface area contributed by atoms with E-state index in [0.29, 0.717) is 40.0 Å². The van der Waals surface area contributed by atoms with Crippen LogP contribution in [-0.4, -0.2) is 72.7 Å². The predicted octanol–water partition coefficient (Wildman–Crippen LogP) is 3.85. The zero-order valence-electron chi connectivity index (χ0n) is 22.2. The number of nitrogens with one attached hydrogen (secondary N) is 1. The van der Waals surface area contributed by atoms with Crippen molar-refractivity contribution < 1.29 is 32.5 Å². The highest BCUT2D eigenvalue weighted by atomic mass is 35.5. The second-order valence-electron chi connectivity index (χ2n) is 9.37. The number of allylic oxidation sites excluding steroid dienone is 2. The van der Waals surface area contributed by atoms with E-state index >= 15 is 0 Å². The summed E-state index contributed by atoms with van der Waals surface area (Å²) in [6, 6.07) is 4.88. The molecule has 1 aliphatic heterocycles. The van der Waals surface area contributed by atoms with Crippen LogP contribution in [-0.2, 0) is 9.53 Å². The summed E-state index contributed by atoms with van der Waals surface area (Å²) >= 11 is 6.52. The number of rotatable bonds is 10. The number of ether oxygens (including phenoxy) is 2. The van der Waals surface area contributed by atoms with E-state index in [1.165, 1.54) is 6.92 Å². The Morgan fingerprint density at radius 2 is 1.95 bits per heavy atom. The first-order chi connectivity index (χ1) is 18.3. The van der Waals surface area contributed by atoms with E-state index in [4.69, 9.17) is 27.1 Å². The van der Waals surface area contributed by atoms with Crippen LogP contribution in [0.25, 0.3) is 17.0 Å². The van der Waals surface area contributed by atoms with Crippen LogP contribution in [0.5, 0.6) is 5.75 Å². The van der Waals surface area contributed by atoms with Gasteiger partial charge in [0.1, 0.15) is 24.3 Å². The van der Waals surface area contributed by atoms with Gasteiger partial charge in [-0.1, -0.05) is 11.6 Å². The van der Waals surface area contributed by atoms with Crippen LogP contribution in [0.4, 0.5) is 19.0 Å². The monoisotopic (exact) mass is 571 g/mol. The van der Waals surface area contributed by atoms with Gasteiger partial charge in [-0.15, -0.1) is 13.2 Å². The molecule has 1 fully saturated rings. The molecular formula is C26H33ClF3N5O4. The van der Waals surface area contributed by atoms with Crippen molar-refractivity contribution >= 4 is 28.8 Å². The maximum atomic E-state index is 12.7. The molecule has 1 atom stereocenters. The fourth-order valence-corrected chi connectivity index (χ4v) is 4.64. The van der Waals surface area contributed by atoms with Crippen molar-refractivity contribution in [1.82, 2.24) is 15.3 Å². The first kappa shape index (κ1) is 30.6. The molecule has 13 heteroatoms. The molecule has 0 amide bonds. The number of nitrogens with two attached hydrogens (primary N) is 1. The molecular weight excluding hydrogens is 539 g/mol. The highest BCUT2D eigenvalue weighted by Gasteiger charge is 2.35. The maximum absolute atomic E-state index is 12.7. The highest BCUT2D eigenvalue weighted by molar-refractivity contribution is 6.33. The number of benzene rings is 1. The van der Waals surface area contributed by atoms with Crippen LogP contribution in [0.1, 0.15) is 37.9 Å². The van der Waals surface area contributed by atoms with Gasteiger partial charge >= 0.3 is 6.36 Å². The molecule has 39 heavy (non-hydrogen) atoms. The summed E-state index contributed by atoms with van der Waals surface area (Å²) in [5.74, 6) is 0.754. The van der Waals surface area contributed by atoms with Gasteiger partial charge in [-0.25, -0.2) is 9.97 Å². The lowest BCUT2D eigenvalue weighted by Crippen LogP contribution is -2.40. The number of anilines is 1. The van der Waals surface area contributed by atoms with Crippen LogP contribution >= 0.6 is 11.6 Å². The lowest BCUT2D eigenvalue weighted by molar-refractivity contribution is -0.344. The topological polar surface area (TPSA) is 123 Å². The van der Waals surface area contributed by atoms with Gasteiger partial charge in [0.15, 0.2) is 11.6 Å². The number of nitrogens with zero attached hydrogens (tertiary/aromatic N) is 3. The van der Waals surface area contributed by atoms with Crippen molar-refractivity contribution in [3.8, 4) is 17.1 Å². The smallest absolute Gasteiger partial charge is 0.491 e. The fraction of sp³-hybridized carbons (Fsp3) is 0.500. The number of aromatic nitrogens is 2. The quantitative estimate of drug-likeness (QED) is 0.365. The minimum Gasteiger partial charge on any atom is -0.491 e. The number of likely N-dealkylation sites (N-methyl/N-ethyl adjacent to an activating group) is 1. The molecule has 1 aromatic heterocycles. The van der Waals surface area contributed by atoms with Gasteiger partial charge in [-0.2, -0.15) is 0 Å². The van der Waals surface area contributed by atoms with Crippen LogP contribution in [0.15, 0.2) is 23.9 Å². The van der Waals surface area contributed by atoms with E-state index in [1.807, 2.05) is 4.90 Å². The Balaban J connectivity index is 2.05. The fourth-order valence-electron chi connectivity index (χ4n) is 4.43. The molecule has 3 rings (SSSR count). The van der Waals surface area contributed by atoms with Crippen molar-refractivity contribution in [2.45, 2.75) is 52.2 Å². The molecule has 0 saturated carbocycles. The van der Waals surface area contributed by atoms with Crippen molar-refractivity contribution in [1.29, 1.82) is 0 Å². The third-order valence-corrected chi connectivity index (χ3v) is 6.54. The molecule has 9 nitrogen and oxygen atoms in total. The molecule has 4 N–H and O–H groups in total. The Hall–Kier alpha value is -2.93. The molecule has 214 valence electrons. The number of aliphatic hydroxyl groups is 1. The van der Waals surface area contributed by atoms with Gasteiger partial charge in [0.05, 0.1) is 22.4 Å². The summed E-state index contributed by atoms with van der Waals surface area (Å²) in [7, 11) is 1.71. The number of alkyl halides is 3. The summed E-state index contributed by atoms with van der Waals surface area (Å²) in [6.07, 6.45) is -6.12. The average Bonchev–Trinajstić information content (AvgIpc) is 2.84. The lowest BCUT2D eigenvalue weighted by Gasteiger charge is -2.34. The van der Waals surface area contributed by atoms with E-state index in [1.54, 1.807) is 39.1 Å². The Bertz CT molecular complexity index is 1210. The number of carbonyl (C=O) groups is 1. The number of Topliss-reactive ketones (excluding diaryl/α,β-unsaturated/α-hetero) is 1. The molecule has 0 aliphatic carbocycles. The summed E-state index contributed by atoms with van der Waals surface area (Å²) in [5.41, 5.74) is 7.82. The number of halogens is 4. The van der Waals surface area contributed by atoms with Gasteiger partial charge in [0.25, 0.3) is 0 Å². The molecule has 0 unspecified atom stereocenters. The van der Waals surface area contributed by atoms with Crippen molar-refractivity contribution in [2.24, 2.45) is 5.73 Å². The summed E-state index contributed by atoms with van der Waals surface area (Å²) in [6.45, 7) is 5.59. The van der Waals surface area contributed by atoms with E-state index < -0.39 is 18.6 Å². The predicted molar refractivity (Wildman–Crippen MR) is 142 cm³/mol. The Kier molecular flexibility index (Phi) is 10.2. The molecule has 0 radical (unpaired) electrons. The molecule has 1 aliphatic rings. The summed E-state index contributed by atoms with van der Waals surface area (Å²) in [5, 5.41) is 13.2. The molecule has 0 spiro atoms. The first-order valence-electron chi connectivity index (χ1n) is 12.4. The normalized spacial score (nSPS) is 16.2. The van der Waals surface area contributed by atoms with Gasteiger partial charge < -0.3 is 25.8 Å². The van der Waals surface area contributed by atoms with E-state index in [2.05, 4.69) is 15.0 Å². The first-order valence-corrected chi connectivity index (χ1v) is 12.8. The Morgan fingerprint density at radius 1 is 1.28 bits per heavy atom.